The number of amides is 1. The van der Waals surface area contributed by atoms with E-state index in [1.807, 2.05) is 55.2 Å². The van der Waals surface area contributed by atoms with Gasteiger partial charge in [-0.2, -0.15) is 0 Å². The fourth-order valence-electron chi connectivity index (χ4n) is 4.03. The first kappa shape index (κ1) is 20.9. The number of ether oxygens (including phenoxy) is 1. The molecule has 0 unspecified atom stereocenters. The molecule has 2 aliphatic heterocycles. The lowest BCUT2D eigenvalue weighted by Crippen LogP contribution is -2.48. The van der Waals surface area contributed by atoms with E-state index in [0.29, 0.717) is 19.6 Å². The third-order valence-corrected chi connectivity index (χ3v) is 7.29. The molecule has 0 aromatic heterocycles. The summed E-state index contributed by atoms with van der Waals surface area (Å²) in [4.78, 5) is 18.9. The molecule has 7 nitrogen and oxygen atoms in total. The van der Waals surface area contributed by atoms with E-state index in [9.17, 15) is 13.2 Å². The zero-order valence-electron chi connectivity index (χ0n) is 17.0. The molecule has 156 valence electrons. The van der Waals surface area contributed by atoms with Crippen LogP contribution in [0, 0.1) is 0 Å². The van der Waals surface area contributed by atoms with Gasteiger partial charge in [-0.1, -0.05) is 12.1 Å². The van der Waals surface area contributed by atoms with E-state index in [-0.39, 0.29) is 36.1 Å². The van der Waals surface area contributed by atoms with E-state index in [2.05, 4.69) is 0 Å². The van der Waals surface area contributed by atoms with Gasteiger partial charge < -0.3 is 19.4 Å². The number of benzene rings is 1. The minimum Gasteiger partial charge on any atom is -0.376 e. The Morgan fingerprint density at radius 3 is 2.43 bits per heavy atom. The number of likely N-dealkylation sites (N-methyl/N-ethyl adjacent to an activating group) is 1. The van der Waals surface area contributed by atoms with Gasteiger partial charge in [-0.05, 0) is 31.4 Å². The number of sulfone groups is 1. The Bertz CT molecular complexity index is 790. The maximum Gasteiger partial charge on any atom is 0.242 e. The van der Waals surface area contributed by atoms with Crippen LogP contribution in [0.4, 0.5) is 11.4 Å². The van der Waals surface area contributed by atoms with Crippen LogP contribution in [-0.2, 0) is 19.4 Å². The molecule has 1 aromatic carbocycles. The molecule has 2 heterocycles. The van der Waals surface area contributed by atoms with Crippen LogP contribution in [0.25, 0.3) is 0 Å². The summed E-state index contributed by atoms with van der Waals surface area (Å²) in [6.45, 7) is 1.39. The SMILES string of the molecule is CN(C)c1ccccc1N(C)CC(=O)N(C[C@@H]1CCCO1)[C@H]1CCS(=O)(=O)C1. The summed E-state index contributed by atoms with van der Waals surface area (Å²) in [5.74, 6) is 0.170. The van der Waals surface area contributed by atoms with Gasteiger partial charge in [0.2, 0.25) is 5.91 Å². The van der Waals surface area contributed by atoms with Crippen LogP contribution in [0.15, 0.2) is 24.3 Å². The van der Waals surface area contributed by atoms with Crippen LogP contribution in [0.1, 0.15) is 19.3 Å². The van der Waals surface area contributed by atoms with E-state index in [0.717, 1.165) is 24.2 Å². The van der Waals surface area contributed by atoms with Crippen molar-refractivity contribution in [1.82, 2.24) is 4.90 Å². The second-order valence-electron chi connectivity index (χ2n) is 7.98. The number of anilines is 2. The van der Waals surface area contributed by atoms with E-state index in [4.69, 9.17) is 4.74 Å². The Balaban J connectivity index is 1.75. The summed E-state index contributed by atoms with van der Waals surface area (Å²) in [5.41, 5.74) is 2.00. The molecule has 0 spiro atoms. The summed E-state index contributed by atoms with van der Waals surface area (Å²) in [5, 5.41) is 0. The fraction of sp³-hybridized carbons (Fsp3) is 0.650. The number of carbonyl (C=O) groups excluding carboxylic acids is 1. The molecule has 1 amide bonds. The predicted octanol–water partition coefficient (Wildman–Crippen LogP) is 1.38. The molecule has 0 bridgehead atoms. The van der Waals surface area contributed by atoms with Crippen molar-refractivity contribution in [2.24, 2.45) is 0 Å². The zero-order valence-corrected chi connectivity index (χ0v) is 17.8. The highest BCUT2D eigenvalue weighted by molar-refractivity contribution is 7.91. The van der Waals surface area contributed by atoms with Crippen LogP contribution in [-0.4, -0.2) is 83.7 Å². The van der Waals surface area contributed by atoms with Gasteiger partial charge in [0.05, 0.1) is 35.5 Å². The molecule has 28 heavy (non-hydrogen) atoms. The molecule has 0 aliphatic carbocycles. The van der Waals surface area contributed by atoms with Crippen molar-refractivity contribution in [3.8, 4) is 0 Å². The summed E-state index contributed by atoms with van der Waals surface area (Å²) in [6, 6.07) is 7.69. The number of para-hydroxylation sites is 2. The van der Waals surface area contributed by atoms with Gasteiger partial charge in [0.15, 0.2) is 9.84 Å². The minimum atomic E-state index is -3.06. The van der Waals surface area contributed by atoms with Gasteiger partial charge >= 0.3 is 0 Å². The first-order valence-corrected chi connectivity index (χ1v) is 11.7. The lowest BCUT2D eigenvalue weighted by molar-refractivity contribution is -0.133. The molecular weight excluding hydrogens is 378 g/mol. The average Bonchev–Trinajstić information content (AvgIpc) is 3.28. The number of hydrogen-bond acceptors (Lipinski definition) is 6. The van der Waals surface area contributed by atoms with E-state index in [1.165, 1.54) is 0 Å². The molecule has 8 heteroatoms. The molecule has 2 aliphatic rings. The van der Waals surface area contributed by atoms with Crippen LogP contribution >= 0.6 is 0 Å². The number of carbonyl (C=O) groups is 1. The molecule has 0 radical (unpaired) electrons. The minimum absolute atomic E-state index is 0.00613. The fourth-order valence-corrected chi connectivity index (χ4v) is 5.76. The highest BCUT2D eigenvalue weighted by Crippen LogP contribution is 2.27. The highest BCUT2D eigenvalue weighted by atomic mass is 32.2. The van der Waals surface area contributed by atoms with Crippen molar-refractivity contribution < 1.29 is 17.9 Å². The van der Waals surface area contributed by atoms with Gasteiger partial charge in [0.1, 0.15) is 0 Å². The van der Waals surface area contributed by atoms with Crippen molar-refractivity contribution in [3.63, 3.8) is 0 Å². The summed E-state index contributed by atoms with van der Waals surface area (Å²) in [7, 11) is 2.79. The van der Waals surface area contributed by atoms with E-state index in [1.54, 1.807) is 4.90 Å². The van der Waals surface area contributed by atoms with Crippen LogP contribution in [0.5, 0.6) is 0 Å². The molecular formula is C20H31N3O4S. The Labute approximate surface area is 168 Å². The van der Waals surface area contributed by atoms with Gasteiger partial charge in [0, 0.05) is 40.3 Å². The summed E-state index contributed by atoms with van der Waals surface area (Å²) in [6.07, 6.45) is 2.43. The molecule has 2 fully saturated rings. The Morgan fingerprint density at radius 2 is 1.86 bits per heavy atom. The summed E-state index contributed by atoms with van der Waals surface area (Å²) < 4.78 is 29.7. The topological polar surface area (TPSA) is 70.2 Å². The van der Waals surface area contributed by atoms with Crippen molar-refractivity contribution in [2.75, 3.05) is 62.1 Å². The van der Waals surface area contributed by atoms with Gasteiger partial charge in [-0.25, -0.2) is 8.42 Å². The molecule has 1 aromatic rings. The second-order valence-corrected chi connectivity index (χ2v) is 10.2. The first-order valence-electron chi connectivity index (χ1n) is 9.86. The van der Waals surface area contributed by atoms with Gasteiger partial charge in [-0.3, -0.25) is 4.79 Å². The van der Waals surface area contributed by atoms with Crippen LogP contribution < -0.4 is 9.80 Å². The number of rotatable bonds is 7. The predicted molar refractivity (Wildman–Crippen MR) is 112 cm³/mol. The first-order chi connectivity index (χ1) is 13.3. The maximum absolute atomic E-state index is 13.2. The largest absolute Gasteiger partial charge is 0.376 e. The van der Waals surface area contributed by atoms with Crippen molar-refractivity contribution in [1.29, 1.82) is 0 Å². The highest BCUT2D eigenvalue weighted by Gasteiger charge is 2.36. The molecule has 0 saturated carbocycles. The summed E-state index contributed by atoms with van der Waals surface area (Å²) >= 11 is 0. The lowest BCUT2D eigenvalue weighted by atomic mass is 10.1. The van der Waals surface area contributed by atoms with Crippen molar-refractivity contribution in [3.05, 3.63) is 24.3 Å². The average molecular weight is 410 g/mol. The third-order valence-electron chi connectivity index (χ3n) is 5.54. The second kappa shape index (κ2) is 8.69. The zero-order chi connectivity index (χ0) is 20.3. The Kier molecular flexibility index (Phi) is 6.50. The Morgan fingerprint density at radius 1 is 1.14 bits per heavy atom. The van der Waals surface area contributed by atoms with Crippen LogP contribution in [0.2, 0.25) is 0 Å². The quantitative estimate of drug-likeness (QED) is 0.678. The molecule has 0 N–H and O–H groups in total. The van der Waals surface area contributed by atoms with Crippen molar-refractivity contribution in [2.45, 2.75) is 31.4 Å². The number of hydrogen-bond donors (Lipinski definition) is 0. The third kappa shape index (κ3) is 4.97. The van der Waals surface area contributed by atoms with Gasteiger partial charge in [0.25, 0.3) is 0 Å². The maximum atomic E-state index is 13.2. The standard InChI is InChI=1S/C20H31N3O4S/c1-21(2)18-8-4-5-9-19(18)22(3)14-20(24)23(13-17-7-6-11-27-17)16-10-12-28(25,26)15-16/h4-5,8-9,16-17H,6-7,10-15H2,1-3H3/t16-,17-/m0/s1. The Hall–Kier alpha value is -1.80. The van der Waals surface area contributed by atoms with E-state index < -0.39 is 9.84 Å². The monoisotopic (exact) mass is 409 g/mol. The van der Waals surface area contributed by atoms with Gasteiger partial charge in [-0.15, -0.1) is 0 Å². The smallest absolute Gasteiger partial charge is 0.242 e. The lowest BCUT2D eigenvalue weighted by Gasteiger charge is -2.33. The number of nitrogens with zero attached hydrogens (tertiary/aromatic N) is 3. The van der Waals surface area contributed by atoms with Crippen molar-refractivity contribution >= 4 is 27.1 Å². The van der Waals surface area contributed by atoms with Crippen LogP contribution in [0.3, 0.4) is 0 Å². The molecule has 2 saturated heterocycles. The molecule has 3 rings (SSSR count). The normalized spacial score (nSPS) is 23.5. The molecule has 2 atom stereocenters. The van der Waals surface area contributed by atoms with E-state index >= 15 is 0 Å².